The summed E-state index contributed by atoms with van der Waals surface area (Å²) >= 11 is 0. The molecule has 3 rings (SSSR count). The summed E-state index contributed by atoms with van der Waals surface area (Å²) in [6.07, 6.45) is -4.16. The summed E-state index contributed by atoms with van der Waals surface area (Å²) in [6, 6.07) is 15.7. The SMILES string of the molecule is O=c1nc2cccc(C(F)(F)F)c2ccc1Cc1ccccc1. The third kappa shape index (κ3) is 3.23. The predicted molar refractivity (Wildman–Crippen MR) is 82.3 cm³/mol. The van der Waals surface area contributed by atoms with E-state index in [1.54, 1.807) is 0 Å². The van der Waals surface area contributed by atoms with Crippen LogP contribution < -0.4 is 5.56 Å². The van der Waals surface area contributed by atoms with Gasteiger partial charge in [-0.2, -0.15) is 13.2 Å². The van der Waals surface area contributed by atoms with Crippen molar-refractivity contribution in [1.29, 1.82) is 0 Å². The zero-order valence-corrected chi connectivity index (χ0v) is 12.0. The molecule has 0 spiro atoms. The normalized spacial score (nSPS) is 11.6. The third-order valence-corrected chi connectivity index (χ3v) is 3.57. The first-order chi connectivity index (χ1) is 10.9. The number of benzene rings is 2. The first kappa shape index (κ1) is 15.2. The van der Waals surface area contributed by atoms with Crippen molar-refractivity contribution in [2.24, 2.45) is 0 Å². The van der Waals surface area contributed by atoms with Gasteiger partial charge in [0.05, 0.1) is 11.1 Å². The van der Waals surface area contributed by atoms with Gasteiger partial charge in [-0.05, 0) is 17.7 Å². The highest BCUT2D eigenvalue weighted by molar-refractivity contribution is 5.82. The molecule has 1 aromatic heterocycles. The molecule has 0 N–H and O–H groups in total. The van der Waals surface area contributed by atoms with E-state index in [1.165, 1.54) is 24.3 Å². The summed E-state index contributed by atoms with van der Waals surface area (Å²) in [4.78, 5) is 16.1. The molecule has 1 heterocycles. The fraction of sp³-hybridized carbons (Fsp3) is 0.111. The van der Waals surface area contributed by atoms with Crippen LogP contribution in [0, 0.1) is 0 Å². The van der Waals surface area contributed by atoms with Crippen molar-refractivity contribution in [2.45, 2.75) is 12.6 Å². The summed E-state index contributed by atoms with van der Waals surface area (Å²) in [7, 11) is 0. The summed E-state index contributed by atoms with van der Waals surface area (Å²) in [5.41, 5.74) is 0.00861. The Morgan fingerprint density at radius 1 is 0.870 bits per heavy atom. The maximum absolute atomic E-state index is 13.1. The van der Waals surface area contributed by atoms with Crippen LogP contribution in [0.4, 0.5) is 13.2 Å². The second-order valence-corrected chi connectivity index (χ2v) is 5.17. The topological polar surface area (TPSA) is 30.0 Å². The molecule has 116 valence electrons. The molecule has 0 amide bonds. The van der Waals surface area contributed by atoms with Crippen LogP contribution in [0.2, 0.25) is 0 Å². The maximum atomic E-state index is 13.1. The Kier molecular flexibility index (Phi) is 3.86. The van der Waals surface area contributed by atoms with E-state index >= 15 is 0 Å². The van der Waals surface area contributed by atoms with Gasteiger partial charge in [-0.1, -0.05) is 48.5 Å². The number of nitrogens with zero attached hydrogens (tertiary/aromatic N) is 1. The van der Waals surface area contributed by atoms with E-state index in [0.29, 0.717) is 12.0 Å². The van der Waals surface area contributed by atoms with Gasteiger partial charge in [0, 0.05) is 17.4 Å². The Labute approximate surface area is 130 Å². The first-order valence-corrected chi connectivity index (χ1v) is 6.99. The summed E-state index contributed by atoms with van der Waals surface area (Å²) in [5.74, 6) is 0. The van der Waals surface area contributed by atoms with Crippen LogP contribution in [0.3, 0.4) is 0 Å². The maximum Gasteiger partial charge on any atom is 0.417 e. The standard InChI is InChI=1S/C18H12F3NO/c19-18(20,21)15-7-4-8-16-14(15)10-9-13(17(23)22-16)11-12-5-2-1-3-6-12/h1-10H,11H2. The van der Waals surface area contributed by atoms with Crippen LogP contribution in [-0.2, 0) is 12.6 Å². The lowest BCUT2D eigenvalue weighted by Gasteiger charge is -2.07. The fourth-order valence-electron chi connectivity index (χ4n) is 2.46. The van der Waals surface area contributed by atoms with Gasteiger partial charge in [-0.15, -0.1) is 0 Å². The molecular formula is C18H12F3NO. The Morgan fingerprint density at radius 3 is 2.30 bits per heavy atom. The highest BCUT2D eigenvalue weighted by Gasteiger charge is 2.32. The molecule has 0 saturated heterocycles. The minimum absolute atomic E-state index is 0.0455. The van der Waals surface area contributed by atoms with Crippen LogP contribution >= 0.6 is 0 Å². The molecule has 2 nitrogen and oxygen atoms in total. The van der Waals surface area contributed by atoms with Crippen molar-refractivity contribution < 1.29 is 13.2 Å². The van der Waals surface area contributed by atoms with E-state index in [2.05, 4.69) is 4.98 Å². The number of hydrogen-bond acceptors (Lipinski definition) is 2. The van der Waals surface area contributed by atoms with Crippen LogP contribution in [0.5, 0.6) is 0 Å². The van der Waals surface area contributed by atoms with Crippen LogP contribution in [0.15, 0.2) is 65.5 Å². The van der Waals surface area contributed by atoms with Gasteiger partial charge in [-0.3, -0.25) is 4.79 Å². The molecule has 0 atom stereocenters. The zero-order valence-electron chi connectivity index (χ0n) is 12.0. The lowest BCUT2D eigenvalue weighted by molar-refractivity contribution is -0.136. The smallest absolute Gasteiger partial charge is 0.267 e. The zero-order chi connectivity index (χ0) is 16.4. The molecule has 0 aliphatic rings. The minimum Gasteiger partial charge on any atom is -0.267 e. The summed E-state index contributed by atoms with van der Waals surface area (Å²) in [6.45, 7) is 0. The number of hydrogen-bond donors (Lipinski definition) is 0. The van der Waals surface area contributed by atoms with Gasteiger partial charge in [0.25, 0.3) is 5.56 Å². The number of rotatable bonds is 2. The second-order valence-electron chi connectivity index (χ2n) is 5.17. The van der Waals surface area contributed by atoms with E-state index < -0.39 is 17.3 Å². The minimum atomic E-state index is -4.49. The van der Waals surface area contributed by atoms with Crippen molar-refractivity contribution >= 4 is 10.9 Å². The molecule has 0 radical (unpaired) electrons. The lowest BCUT2D eigenvalue weighted by Crippen LogP contribution is -2.09. The molecular weight excluding hydrogens is 303 g/mol. The number of fused-ring (bicyclic) bond motifs is 1. The van der Waals surface area contributed by atoms with Crippen LogP contribution in [-0.4, -0.2) is 4.98 Å². The summed E-state index contributed by atoms with van der Waals surface area (Å²) < 4.78 is 39.2. The Hall–Kier alpha value is -2.69. The molecule has 23 heavy (non-hydrogen) atoms. The second kappa shape index (κ2) is 5.83. The van der Waals surface area contributed by atoms with Crippen molar-refractivity contribution in [3.8, 4) is 0 Å². The molecule has 5 heteroatoms. The van der Waals surface area contributed by atoms with Gasteiger partial charge in [0.2, 0.25) is 0 Å². The number of aromatic nitrogens is 1. The van der Waals surface area contributed by atoms with Crippen LogP contribution in [0.25, 0.3) is 10.9 Å². The molecule has 0 bridgehead atoms. The molecule has 2 aromatic carbocycles. The summed E-state index contributed by atoms with van der Waals surface area (Å²) in [5, 5.41) is -0.0728. The van der Waals surface area contributed by atoms with Crippen molar-refractivity contribution in [2.75, 3.05) is 0 Å². The van der Waals surface area contributed by atoms with Crippen molar-refractivity contribution in [1.82, 2.24) is 4.98 Å². The molecule has 0 saturated carbocycles. The van der Waals surface area contributed by atoms with Gasteiger partial charge in [0.15, 0.2) is 0 Å². The quantitative estimate of drug-likeness (QED) is 0.709. The van der Waals surface area contributed by atoms with E-state index in [1.807, 2.05) is 30.3 Å². The van der Waals surface area contributed by atoms with Crippen molar-refractivity contribution in [3.05, 3.63) is 87.7 Å². The molecule has 3 aromatic rings. The molecule has 0 fully saturated rings. The third-order valence-electron chi connectivity index (χ3n) is 3.57. The van der Waals surface area contributed by atoms with Gasteiger partial charge in [-0.25, -0.2) is 4.98 Å². The van der Waals surface area contributed by atoms with E-state index in [9.17, 15) is 18.0 Å². The highest BCUT2D eigenvalue weighted by Crippen LogP contribution is 2.33. The Bertz CT molecular complexity index is 905. The van der Waals surface area contributed by atoms with E-state index in [0.717, 1.165) is 11.6 Å². The molecule has 0 aliphatic carbocycles. The predicted octanol–water partition coefficient (Wildman–Crippen LogP) is 4.20. The number of halogens is 3. The van der Waals surface area contributed by atoms with Gasteiger partial charge in [0.1, 0.15) is 0 Å². The Morgan fingerprint density at radius 2 is 1.61 bits per heavy atom. The molecule has 0 unspecified atom stereocenters. The average molecular weight is 315 g/mol. The van der Waals surface area contributed by atoms with E-state index in [-0.39, 0.29) is 10.9 Å². The Balaban J connectivity index is 2.17. The highest BCUT2D eigenvalue weighted by atomic mass is 19.4. The van der Waals surface area contributed by atoms with Gasteiger partial charge >= 0.3 is 6.18 Å². The van der Waals surface area contributed by atoms with Crippen LogP contribution in [0.1, 0.15) is 16.7 Å². The van der Waals surface area contributed by atoms with Gasteiger partial charge < -0.3 is 0 Å². The lowest BCUT2D eigenvalue weighted by atomic mass is 10.1. The van der Waals surface area contributed by atoms with E-state index in [4.69, 9.17) is 0 Å². The van der Waals surface area contributed by atoms with Crippen molar-refractivity contribution in [3.63, 3.8) is 0 Å². The largest absolute Gasteiger partial charge is 0.417 e. The fourth-order valence-corrected chi connectivity index (χ4v) is 2.46. The first-order valence-electron chi connectivity index (χ1n) is 6.99. The molecule has 0 aliphatic heterocycles. The number of alkyl halides is 3. The monoisotopic (exact) mass is 315 g/mol. The average Bonchev–Trinajstić information content (AvgIpc) is 2.66.